The zero-order valence-corrected chi connectivity index (χ0v) is 17.2. The van der Waals surface area contributed by atoms with Crippen LogP contribution >= 0.6 is 0 Å². The first-order chi connectivity index (χ1) is 13.4. The van der Waals surface area contributed by atoms with Crippen LogP contribution < -0.4 is 14.8 Å². The number of benzene rings is 2. The van der Waals surface area contributed by atoms with Gasteiger partial charge in [0.2, 0.25) is 15.9 Å². The maximum absolute atomic E-state index is 12.5. The minimum Gasteiger partial charge on any atom is -0.497 e. The van der Waals surface area contributed by atoms with Gasteiger partial charge in [-0.15, -0.1) is 0 Å². The van der Waals surface area contributed by atoms with Crippen LogP contribution in [-0.4, -0.2) is 53.0 Å². The lowest BCUT2D eigenvalue weighted by atomic mass is 10.1. The third-order valence-electron chi connectivity index (χ3n) is 4.27. The van der Waals surface area contributed by atoms with E-state index in [1.54, 1.807) is 19.2 Å². The van der Waals surface area contributed by atoms with E-state index in [-0.39, 0.29) is 17.3 Å². The number of para-hydroxylation sites is 1. The minimum absolute atomic E-state index is 0.111. The number of methoxy groups -OCH3 is 2. The third kappa shape index (κ3) is 5.71. The van der Waals surface area contributed by atoms with E-state index in [9.17, 15) is 13.2 Å². The Morgan fingerprint density at radius 3 is 2.36 bits per heavy atom. The molecule has 0 aliphatic rings. The van der Waals surface area contributed by atoms with Crippen LogP contribution in [0.25, 0.3) is 0 Å². The molecular formula is C20H26N2O5S. The quantitative estimate of drug-likeness (QED) is 0.611. The second-order valence-corrected chi connectivity index (χ2v) is 8.25. The molecule has 0 saturated heterocycles. The van der Waals surface area contributed by atoms with Crippen molar-refractivity contribution < 1.29 is 22.7 Å². The van der Waals surface area contributed by atoms with Gasteiger partial charge in [0.25, 0.3) is 0 Å². The molecule has 0 fully saturated rings. The standard InChI is InChI=1S/C20H26N2O5S/c1-22(28(24,25)18-12-10-17(26-2)11-13-18)15-20(23)21-14-6-8-16-7-4-5-9-19(16)27-3/h4-5,7,9-13H,6,8,14-15H2,1-3H3,(H,21,23). The van der Waals surface area contributed by atoms with Gasteiger partial charge in [0.1, 0.15) is 11.5 Å². The van der Waals surface area contributed by atoms with E-state index in [1.165, 1.54) is 26.3 Å². The molecular weight excluding hydrogens is 380 g/mol. The number of ether oxygens (including phenoxy) is 2. The lowest BCUT2D eigenvalue weighted by Crippen LogP contribution is -2.38. The monoisotopic (exact) mass is 406 g/mol. The molecule has 2 rings (SSSR count). The van der Waals surface area contributed by atoms with Crippen LogP contribution in [0, 0.1) is 0 Å². The molecule has 152 valence electrons. The van der Waals surface area contributed by atoms with E-state index in [2.05, 4.69) is 5.32 Å². The Labute approximate surface area is 166 Å². The van der Waals surface area contributed by atoms with Gasteiger partial charge >= 0.3 is 0 Å². The lowest BCUT2D eigenvalue weighted by molar-refractivity contribution is -0.121. The van der Waals surface area contributed by atoms with Crippen LogP contribution in [0.5, 0.6) is 11.5 Å². The first-order valence-electron chi connectivity index (χ1n) is 8.87. The molecule has 0 aromatic heterocycles. The maximum Gasteiger partial charge on any atom is 0.243 e. The number of likely N-dealkylation sites (N-methyl/N-ethyl adjacent to an activating group) is 1. The topological polar surface area (TPSA) is 84.9 Å². The highest BCUT2D eigenvalue weighted by atomic mass is 32.2. The van der Waals surface area contributed by atoms with Crippen molar-refractivity contribution in [2.24, 2.45) is 0 Å². The average molecular weight is 407 g/mol. The van der Waals surface area contributed by atoms with Gasteiger partial charge in [-0.3, -0.25) is 4.79 Å². The molecule has 0 unspecified atom stereocenters. The Kier molecular flexibility index (Phi) is 7.83. The third-order valence-corrected chi connectivity index (χ3v) is 6.09. The van der Waals surface area contributed by atoms with E-state index in [0.29, 0.717) is 12.3 Å². The average Bonchev–Trinajstić information content (AvgIpc) is 2.71. The van der Waals surface area contributed by atoms with E-state index in [1.807, 2.05) is 24.3 Å². The van der Waals surface area contributed by atoms with Crippen molar-refractivity contribution in [1.29, 1.82) is 0 Å². The van der Waals surface area contributed by atoms with Crippen LogP contribution in [0.2, 0.25) is 0 Å². The van der Waals surface area contributed by atoms with Crippen molar-refractivity contribution in [3.05, 3.63) is 54.1 Å². The molecule has 0 radical (unpaired) electrons. The number of nitrogens with one attached hydrogen (secondary N) is 1. The van der Waals surface area contributed by atoms with E-state index in [4.69, 9.17) is 9.47 Å². The predicted molar refractivity (Wildman–Crippen MR) is 107 cm³/mol. The fourth-order valence-corrected chi connectivity index (χ4v) is 3.81. The Bertz CT molecular complexity index is 882. The molecule has 7 nitrogen and oxygen atoms in total. The summed E-state index contributed by atoms with van der Waals surface area (Å²) in [6.07, 6.45) is 1.48. The van der Waals surface area contributed by atoms with Gasteiger partial charge in [0.05, 0.1) is 25.7 Å². The highest BCUT2D eigenvalue weighted by molar-refractivity contribution is 7.89. The van der Waals surface area contributed by atoms with Gasteiger partial charge in [-0.1, -0.05) is 18.2 Å². The molecule has 0 saturated carbocycles. The zero-order chi connectivity index (χ0) is 20.6. The van der Waals surface area contributed by atoms with Gasteiger partial charge in [0, 0.05) is 13.6 Å². The van der Waals surface area contributed by atoms with Crippen LogP contribution in [0.4, 0.5) is 0 Å². The number of rotatable bonds is 10. The van der Waals surface area contributed by atoms with Crippen molar-refractivity contribution >= 4 is 15.9 Å². The summed E-state index contributed by atoms with van der Waals surface area (Å²) >= 11 is 0. The van der Waals surface area contributed by atoms with Crippen LogP contribution in [0.1, 0.15) is 12.0 Å². The van der Waals surface area contributed by atoms with E-state index < -0.39 is 10.0 Å². The Balaban J connectivity index is 1.83. The van der Waals surface area contributed by atoms with Gasteiger partial charge in [-0.25, -0.2) is 8.42 Å². The number of hydrogen-bond acceptors (Lipinski definition) is 5. The van der Waals surface area contributed by atoms with Gasteiger partial charge in [0.15, 0.2) is 0 Å². The SMILES string of the molecule is COc1ccc(S(=O)(=O)N(C)CC(=O)NCCCc2ccccc2OC)cc1. The van der Waals surface area contributed by atoms with Gasteiger partial charge in [-0.2, -0.15) is 4.31 Å². The van der Waals surface area contributed by atoms with Gasteiger partial charge < -0.3 is 14.8 Å². The number of amides is 1. The molecule has 1 N–H and O–H groups in total. The number of carbonyl (C=O) groups is 1. The van der Waals surface area contributed by atoms with Gasteiger partial charge in [-0.05, 0) is 48.7 Å². The number of hydrogen-bond donors (Lipinski definition) is 1. The summed E-state index contributed by atoms with van der Waals surface area (Å²) in [4.78, 5) is 12.2. The normalized spacial score (nSPS) is 11.3. The molecule has 1 amide bonds. The number of carbonyl (C=O) groups excluding carboxylic acids is 1. The van der Waals surface area contributed by atoms with Crippen molar-refractivity contribution in [2.45, 2.75) is 17.7 Å². The summed E-state index contributed by atoms with van der Waals surface area (Å²) in [7, 11) is 0.774. The van der Waals surface area contributed by atoms with Crippen molar-refractivity contribution in [3.63, 3.8) is 0 Å². The van der Waals surface area contributed by atoms with E-state index in [0.717, 1.165) is 28.5 Å². The molecule has 0 aliphatic heterocycles. The molecule has 28 heavy (non-hydrogen) atoms. The second kappa shape index (κ2) is 10.1. The highest BCUT2D eigenvalue weighted by Crippen LogP contribution is 2.19. The molecule has 2 aromatic carbocycles. The van der Waals surface area contributed by atoms with Crippen molar-refractivity contribution in [3.8, 4) is 11.5 Å². The largest absolute Gasteiger partial charge is 0.497 e. The summed E-state index contributed by atoms with van der Waals surface area (Å²) in [6, 6.07) is 13.8. The predicted octanol–water partition coefficient (Wildman–Crippen LogP) is 2.07. The molecule has 0 spiro atoms. The summed E-state index contributed by atoms with van der Waals surface area (Å²) < 4.78 is 36.4. The summed E-state index contributed by atoms with van der Waals surface area (Å²) in [6.45, 7) is 0.205. The number of aryl methyl sites for hydroxylation is 1. The molecule has 0 aliphatic carbocycles. The Hall–Kier alpha value is -2.58. The molecule has 0 bridgehead atoms. The maximum atomic E-state index is 12.5. The first-order valence-corrected chi connectivity index (χ1v) is 10.3. The molecule has 2 aromatic rings. The summed E-state index contributed by atoms with van der Waals surface area (Å²) in [5, 5.41) is 2.76. The highest BCUT2D eigenvalue weighted by Gasteiger charge is 2.22. The first kappa shape index (κ1) is 21.7. The van der Waals surface area contributed by atoms with Crippen LogP contribution in [0.3, 0.4) is 0 Å². The second-order valence-electron chi connectivity index (χ2n) is 6.20. The summed E-state index contributed by atoms with van der Waals surface area (Å²) in [5.41, 5.74) is 1.07. The van der Waals surface area contributed by atoms with E-state index >= 15 is 0 Å². The Morgan fingerprint density at radius 1 is 1.04 bits per heavy atom. The molecule has 0 atom stereocenters. The number of sulfonamides is 1. The fraction of sp³-hybridized carbons (Fsp3) is 0.350. The zero-order valence-electron chi connectivity index (χ0n) is 16.3. The van der Waals surface area contributed by atoms with Crippen molar-refractivity contribution in [1.82, 2.24) is 9.62 Å². The molecule has 8 heteroatoms. The Morgan fingerprint density at radius 2 is 1.71 bits per heavy atom. The van der Waals surface area contributed by atoms with Crippen LogP contribution in [0.15, 0.2) is 53.4 Å². The van der Waals surface area contributed by atoms with Crippen LogP contribution in [-0.2, 0) is 21.2 Å². The number of nitrogens with zero attached hydrogens (tertiary/aromatic N) is 1. The summed E-state index contributed by atoms with van der Waals surface area (Å²) in [5.74, 6) is 1.04. The molecule has 0 heterocycles. The van der Waals surface area contributed by atoms with Crippen molar-refractivity contribution in [2.75, 3.05) is 34.4 Å². The minimum atomic E-state index is -3.74. The lowest BCUT2D eigenvalue weighted by Gasteiger charge is -2.17. The fourth-order valence-electron chi connectivity index (χ4n) is 2.69. The smallest absolute Gasteiger partial charge is 0.243 e.